The van der Waals surface area contributed by atoms with Gasteiger partial charge in [-0.1, -0.05) is 6.07 Å². The monoisotopic (exact) mass is 267 g/mol. The lowest BCUT2D eigenvalue weighted by Crippen LogP contribution is -2.43. The van der Waals surface area contributed by atoms with Crippen LogP contribution in [0.5, 0.6) is 0 Å². The van der Waals surface area contributed by atoms with Gasteiger partial charge < -0.3 is 15.5 Å². The van der Waals surface area contributed by atoms with Gasteiger partial charge in [-0.05, 0) is 24.4 Å². The van der Waals surface area contributed by atoms with Crippen LogP contribution in [0.1, 0.15) is 16.1 Å². The number of nitrogens with zero attached hydrogens (tertiary/aromatic N) is 1. The number of likely N-dealkylation sites (N-methyl/N-ethyl adjacent to an activating group) is 1. The zero-order valence-electron chi connectivity index (χ0n) is 10.3. The topological polar surface area (TPSA) is 61.4 Å². The van der Waals surface area contributed by atoms with Crippen molar-refractivity contribution in [2.75, 3.05) is 26.7 Å². The van der Waals surface area contributed by atoms with Gasteiger partial charge in [-0.3, -0.25) is 9.59 Å². The molecule has 0 aromatic carbocycles. The van der Waals surface area contributed by atoms with Crippen LogP contribution in [-0.2, 0) is 4.79 Å². The van der Waals surface area contributed by atoms with Crippen molar-refractivity contribution in [3.63, 3.8) is 0 Å². The Morgan fingerprint density at radius 1 is 1.61 bits per heavy atom. The molecule has 1 aromatic rings. The summed E-state index contributed by atoms with van der Waals surface area (Å²) in [6.07, 6.45) is 0.953. The molecule has 1 saturated heterocycles. The summed E-state index contributed by atoms with van der Waals surface area (Å²) in [5, 5.41) is 7.95. The molecule has 6 heteroatoms. The molecule has 2 heterocycles. The molecule has 1 atom stereocenters. The summed E-state index contributed by atoms with van der Waals surface area (Å²) >= 11 is 1.39. The summed E-state index contributed by atoms with van der Waals surface area (Å²) in [6.45, 7) is 1.86. The Hall–Kier alpha value is -1.40. The molecule has 0 spiro atoms. The highest BCUT2D eigenvalue weighted by Crippen LogP contribution is 2.10. The molecular weight excluding hydrogens is 250 g/mol. The molecule has 1 aromatic heterocycles. The van der Waals surface area contributed by atoms with E-state index in [-0.39, 0.29) is 24.4 Å². The number of hydrogen-bond donors (Lipinski definition) is 2. The maximum absolute atomic E-state index is 11.9. The van der Waals surface area contributed by atoms with Crippen LogP contribution in [0, 0.1) is 0 Å². The van der Waals surface area contributed by atoms with Gasteiger partial charge in [0.05, 0.1) is 11.4 Å². The minimum Gasteiger partial charge on any atom is -0.351 e. The summed E-state index contributed by atoms with van der Waals surface area (Å²) in [6, 6.07) is 3.79. The third kappa shape index (κ3) is 3.30. The second-order valence-corrected chi connectivity index (χ2v) is 5.34. The summed E-state index contributed by atoms with van der Waals surface area (Å²) in [7, 11) is 1.65. The van der Waals surface area contributed by atoms with E-state index in [9.17, 15) is 9.59 Å². The van der Waals surface area contributed by atoms with E-state index in [1.54, 1.807) is 13.1 Å². The molecule has 1 aliphatic rings. The third-order valence-electron chi connectivity index (χ3n) is 2.88. The minimum atomic E-state index is -0.107. The fraction of sp³-hybridized carbons (Fsp3) is 0.500. The number of amides is 2. The average Bonchev–Trinajstić information content (AvgIpc) is 2.99. The van der Waals surface area contributed by atoms with Crippen LogP contribution < -0.4 is 10.6 Å². The minimum absolute atomic E-state index is 0.101. The summed E-state index contributed by atoms with van der Waals surface area (Å²) < 4.78 is 0. The number of thiophene rings is 1. The zero-order chi connectivity index (χ0) is 13.0. The fourth-order valence-corrected chi connectivity index (χ4v) is 2.64. The molecule has 0 bridgehead atoms. The highest BCUT2D eigenvalue weighted by molar-refractivity contribution is 7.12. The van der Waals surface area contributed by atoms with E-state index >= 15 is 0 Å². The van der Waals surface area contributed by atoms with Gasteiger partial charge in [0.25, 0.3) is 5.91 Å². The van der Waals surface area contributed by atoms with Gasteiger partial charge in [-0.15, -0.1) is 11.3 Å². The quantitative estimate of drug-likeness (QED) is 0.825. The third-order valence-corrected chi connectivity index (χ3v) is 3.74. The highest BCUT2D eigenvalue weighted by Gasteiger charge is 2.19. The molecule has 0 saturated carbocycles. The lowest BCUT2D eigenvalue weighted by atomic mass is 10.2. The van der Waals surface area contributed by atoms with Gasteiger partial charge in [0.1, 0.15) is 0 Å². The van der Waals surface area contributed by atoms with Crippen LogP contribution in [0.15, 0.2) is 17.5 Å². The van der Waals surface area contributed by atoms with Gasteiger partial charge in [0, 0.05) is 19.6 Å². The number of nitrogens with one attached hydrogen (secondary N) is 2. The van der Waals surface area contributed by atoms with E-state index in [1.807, 2.05) is 11.4 Å². The molecule has 0 radical (unpaired) electrons. The van der Waals surface area contributed by atoms with E-state index in [4.69, 9.17) is 0 Å². The lowest BCUT2D eigenvalue weighted by molar-refractivity contribution is -0.122. The first-order valence-corrected chi connectivity index (χ1v) is 6.84. The van der Waals surface area contributed by atoms with Gasteiger partial charge >= 0.3 is 0 Å². The second-order valence-electron chi connectivity index (χ2n) is 4.40. The first-order chi connectivity index (χ1) is 8.66. The van der Waals surface area contributed by atoms with Crippen molar-refractivity contribution >= 4 is 23.2 Å². The van der Waals surface area contributed by atoms with E-state index in [1.165, 1.54) is 16.2 Å². The van der Waals surface area contributed by atoms with Crippen LogP contribution in [0.3, 0.4) is 0 Å². The number of carbonyl (C=O) groups excluding carboxylic acids is 2. The molecule has 2 amide bonds. The van der Waals surface area contributed by atoms with Crippen molar-refractivity contribution in [2.45, 2.75) is 12.5 Å². The van der Waals surface area contributed by atoms with Crippen molar-refractivity contribution in [3.05, 3.63) is 22.4 Å². The molecule has 18 heavy (non-hydrogen) atoms. The maximum Gasteiger partial charge on any atom is 0.264 e. The van der Waals surface area contributed by atoms with E-state index < -0.39 is 0 Å². The lowest BCUT2D eigenvalue weighted by Gasteiger charge is -2.18. The molecule has 5 nitrogen and oxygen atoms in total. The highest BCUT2D eigenvalue weighted by atomic mass is 32.1. The zero-order valence-corrected chi connectivity index (χ0v) is 11.1. The van der Waals surface area contributed by atoms with Gasteiger partial charge in [0.2, 0.25) is 5.91 Å². The Balaban J connectivity index is 1.81. The fourth-order valence-electron chi connectivity index (χ4n) is 1.93. The molecule has 98 valence electrons. The molecule has 1 fully saturated rings. The molecule has 1 aliphatic heterocycles. The smallest absolute Gasteiger partial charge is 0.264 e. The molecule has 2 rings (SSSR count). The van der Waals surface area contributed by atoms with Crippen LogP contribution >= 0.6 is 11.3 Å². The van der Waals surface area contributed by atoms with Gasteiger partial charge in [-0.2, -0.15) is 0 Å². The Kier molecular flexibility index (Phi) is 4.33. The molecular formula is C12H17N3O2S. The Labute approximate surface area is 110 Å². The van der Waals surface area contributed by atoms with Crippen LogP contribution in [0.2, 0.25) is 0 Å². The average molecular weight is 267 g/mol. The molecule has 2 N–H and O–H groups in total. The first-order valence-electron chi connectivity index (χ1n) is 5.96. The van der Waals surface area contributed by atoms with Crippen LogP contribution in [-0.4, -0.2) is 49.4 Å². The Bertz CT molecular complexity index is 413. The number of hydrogen-bond acceptors (Lipinski definition) is 4. The normalized spacial score (nSPS) is 18.6. The van der Waals surface area contributed by atoms with Crippen molar-refractivity contribution in [1.82, 2.24) is 15.5 Å². The Morgan fingerprint density at radius 3 is 3.06 bits per heavy atom. The van der Waals surface area contributed by atoms with Crippen molar-refractivity contribution in [2.24, 2.45) is 0 Å². The number of carbonyl (C=O) groups is 2. The Morgan fingerprint density at radius 2 is 2.44 bits per heavy atom. The predicted molar refractivity (Wildman–Crippen MR) is 70.7 cm³/mol. The first kappa shape index (κ1) is 13.0. The van der Waals surface area contributed by atoms with E-state index in [0.29, 0.717) is 4.88 Å². The molecule has 1 unspecified atom stereocenters. The van der Waals surface area contributed by atoms with Gasteiger partial charge in [0.15, 0.2) is 0 Å². The predicted octanol–water partition coefficient (Wildman–Crippen LogP) is 0.298. The van der Waals surface area contributed by atoms with E-state index in [0.717, 1.165) is 19.5 Å². The summed E-state index contributed by atoms with van der Waals surface area (Å²) in [4.78, 5) is 25.8. The number of rotatable bonds is 4. The summed E-state index contributed by atoms with van der Waals surface area (Å²) in [5.41, 5.74) is 0. The largest absolute Gasteiger partial charge is 0.351 e. The molecule has 0 aliphatic carbocycles. The standard InChI is InChI=1S/C12H17N3O2S/c1-15(12(17)10-3-2-6-18-10)8-11(16)14-9-4-5-13-7-9/h2-3,6,9,13H,4-5,7-8H2,1H3,(H,14,16). The second kappa shape index (κ2) is 5.97. The van der Waals surface area contributed by atoms with Gasteiger partial charge in [-0.25, -0.2) is 0 Å². The van der Waals surface area contributed by atoms with Crippen molar-refractivity contribution in [3.8, 4) is 0 Å². The van der Waals surface area contributed by atoms with E-state index in [2.05, 4.69) is 10.6 Å². The SMILES string of the molecule is CN(CC(=O)NC1CCNC1)C(=O)c1cccs1. The van der Waals surface area contributed by atoms with Crippen LogP contribution in [0.4, 0.5) is 0 Å². The van der Waals surface area contributed by atoms with Crippen LogP contribution in [0.25, 0.3) is 0 Å². The maximum atomic E-state index is 11.9. The van der Waals surface area contributed by atoms with Crippen molar-refractivity contribution < 1.29 is 9.59 Å². The van der Waals surface area contributed by atoms with Crippen molar-refractivity contribution in [1.29, 1.82) is 0 Å². The summed E-state index contributed by atoms with van der Waals surface area (Å²) in [5.74, 6) is -0.208.